The molecule has 1 N–H and O–H groups in total. The van der Waals surface area contributed by atoms with Gasteiger partial charge in [0.2, 0.25) is 0 Å². The van der Waals surface area contributed by atoms with E-state index in [1.165, 1.54) is 11.3 Å². The van der Waals surface area contributed by atoms with E-state index in [1.807, 2.05) is 12.1 Å². The van der Waals surface area contributed by atoms with Gasteiger partial charge in [-0.15, -0.1) is 11.3 Å². The maximum atomic E-state index is 13.4. The number of nitrogens with one attached hydrogen (secondary N) is 1. The minimum absolute atomic E-state index is 0.0248. The van der Waals surface area contributed by atoms with Gasteiger partial charge in [-0.3, -0.25) is 9.78 Å². The predicted molar refractivity (Wildman–Crippen MR) is 128 cm³/mol. The van der Waals surface area contributed by atoms with Crippen LogP contribution in [-0.4, -0.2) is 34.1 Å². The lowest BCUT2D eigenvalue weighted by molar-refractivity contribution is -0.160. The summed E-state index contributed by atoms with van der Waals surface area (Å²) in [4.78, 5) is 17.9. The van der Waals surface area contributed by atoms with Crippen LogP contribution >= 0.6 is 11.3 Å². The highest BCUT2D eigenvalue weighted by atomic mass is 32.1. The SMILES string of the molecule is N#Cc1cc2c(c(-c3ccnc4cc(Cn5ncc(C6(C(F)(F)F)CC6)cc5=O)sc34)c1)NCCO2. The number of rotatable bonds is 4. The Hall–Kier alpha value is -3.91. The van der Waals surface area contributed by atoms with Crippen molar-refractivity contribution in [3.8, 4) is 22.9 Å². The Kier molecular flexibility index (Phi) is 5.05. The number of anilines is 1. The predicted octanol–water partition coefficient (Wildman–Crippen LogP) is 4.84. The molecule has 0 saturated heterocycles. The molecule has 0 bridgehead atoms. The fourth-order valence-electron chi connectivity index (χ4n) is 4.63. The van der Waals surface area contributed by atoms with E-state index >= 15 is 0 Å². The van der Waals surface area contributed by atoms with Crippen LogP contribution in [0, 0.1) is 11.3 Å². The Morgan fingerprint density at radius 1 is 1.22 bits per heavy atom. The zero-order valence-electron chi connectivity index (χ0n) is 18.7. The van der Waals surface area contributed by atoms with Crippen molar-refractivity contribution in [1.82, 2.24) is 14.8 Å². The smallest absolute Gasteiger partial charge is 0.398 e. The van der Waals surface area contributed by atoms with Gasteiger partial charge in [0.1, 0.15) is 12.4 Å². The van der Waals surface area contributed by atoms with Gasteiger partial charge in [0.15, 0.2) is 0 Å². The van der Waals surface area contributed by atoms with Crippen molar-refractivity contribution < 1.29 is 17.9 Å². The number of ether oxygens (including phenoxy) is 1. The van der Waals surface area contributed by atoms with Crippen LogP contribution in [0.2, 0.25) is 0 Å². The number of nitriles is 1. The van der Waals surface area contributed by atoms with Crippen molar-refractivity contribution in [2.75, 3.05) is 18.5 Å². The molecule has 1 saturated carbocycles. The second kappa shape index (κ2) is 8.06. The number of pyridine rings is 1. The van der Waals surface area contributed by atoms with Crippen molar-refractivity contribution in [3.05, 3.63) is 69.1 Å². The molecule has 0 radical (unpaired) electrons. The standard InChI is InChI=1S/C25H18F3N5O2S/c26-25(27,28)24(2-3-24)15-9-21(34)33(32-12-15)13-16-10-19-23(36-16)17(1-4-30-19)18-7-14(11-29)8-20-22(18)31-5-6-35-20/h1,4,7-10,12,31H,2-3,5-6,13H2. The normalized spacial score (nSPS) is 16.1. The average molecular weight is 510 g/mol. The summed E-state index contributed by atoms with van der Waals surface area (Å²) in [5.41, 5.74) is 1.05. The van der Waals surface area contributed by atoms with E-state index in [0.29, 0.717) is 30.0 Å². The molecule has 0 unspecified atom stereocenters. The minimum Gasteiger partial charge on any atom is -0.490 e. The zero-order chi connectivity index (χ0) is 25.1. The molecule has 2 aliphatic rings. The highest BCUT2D eigenvalue weighted by Crippen LogP contribution is 2.58. The fraction of sp³-hybridized carbons (Fsp3) is 0.280. The van der Waals surface area contributed by atoms with Gasteiger partial charge in [-0.05, 0) is 36.6 Å². The van der Waals surface area contributed by atoms with Gasteiger partial charge in [0, 0.05) is 40.9 Å². The molecule has 3 aromatic heterocycles. The Bertz CT molecular complexity index is 1610. The van der Waals surface area contributed by atoms with Gasteiger partial charge >= 0.3 is 6.18 Å². The molecule has 7 nitrogen and oxygen atoms in total. The first-order chi connectivity index (χ1) is 17.3. The number of alkyl halides is 3. The molecule has 1 aromatic carbocycles. The second-order valence-corrected chi connectivity index (χ2v) is 10.0. The largest absolute Gasteiger partial charge is 0.490 e. The van der Waals surface area contributed by atoms with Crippen LogP contribution in [0.25, 0.3) is 21.3 Å². The lowest BCUT2D eigenvalue weighted by Gasteiger charge is -2.22. The molecule has 36 heavy (non-hydrogen) atoms. The van der Waals surface area contributed by atoms with Gasteiger partial charge in [-0.25, -0.2) is 4.68 Å². The van der Waals surface area contributed by atoms with Crippen molar-refractivity contribution in [2.24, 2.45) is 0 Å². The minimum atomic E-state index is -4.40. The van der Waals surface area contributed by atoms with Crippen LogP contribution in [-0.2, 0) is 12.0 Å². The molecule has 0 atom stereocenters. The molecular weight excluding hydrogens is 491 g/mol. The van der Waals surface area contributed by atoms with Crippen molar-refractivity contribution in [2.45, 2.75) is 31.0 Å². The van der Waals surface area contributed by atoms with Crippen molar-refractivity contribution in [3.63, 3.8) is 0 Å². The number of aromatic nitrogens is 3. The number of nitrogens with zero attached hydrogens (tertiary/aromatic N) is 4. The Labute approximate surface area is 206 Å². The quantitative estimate of drug-likeness (QED) is 0.423. The maximum Gasteiger partial charge on any atom is 0.398 e. The van der Waals surface area contributed by atoms with Gasteiger partial charge in [-0.2, -0.15) is 23.5 Å². The molecule has 11 heteroatoms. The highest BCUT2D eigenvalue weighted by molar-refractivity contribution is 7.19. The van der Waals surface area contributed by atoms with Gasteiger partial charge in [-0.1, -0.05) is 0 Å². The molecular formula is C25H18F3N5O2S. The molecule has 0 spiro atoms. The molecule has 4 heterocycles. The Balaban J connectivity index is 1.37. The van der Waals surface area contributed by atoms with Crippen LogP contribution in [0.5, 0.6) is 5.75 Å². The zero-order valence-corrected chi connectivity index (χ0v) is 19.5. The summed E-state index contributed by atoms with van der Waals surface area (Å²) in [5.74, 6) is 0.611. The topological polar surface area (TPSA) is 92.8 Å². The fourth-order valence-corrected chi connectivity index (χ4v) is 5.75. The van der Waals surface area contributed by atoms with E-state index in [-0.39, 0.29) is 24.9 Å². The first-order valence-electron chi connectivity index (χ1n) is 11.3. The van der Waals surface area contributed by atoms with E-state index in [2.05, 4.69) is 21.5 Å². The summed E-state index contributed by atoms with van der Waals surface area (Å²) in [6.07, 6.45) is -1.62. The van der Waals surface area contributed by atoms with E-state index in [9.17, 15) is 23.2 Å². The Morgan fingerprint density at radius 2 is 2.06 bits per heavy atom. The van der Waals surface area contributed by atoms with Crippen LogP contribution in [0.3, 0.4) is 0 Å². The third kappa shape index (κ3) is 3.60. The van der Waals surface area contributed by atoms with Crippen LogP contribution < -0.4 is 15.6 Å². The number of fused-ring (bicyclic) bond motifs is 2. The summed E-state index contributed by atoms with van der Waals surface area (Å²) in [7, 11) is 0. The maximum absolute atomic E-state index is 13.4. The average Bonchev–Trinajstić information content (AvgIpc) is 3.59. The van der Waals surface area contributed by atoms with E-state index < -0.39 is 17.2 Å². The first kappa shape index (κ1) is 22.5. The summed E-state index contributed by atoms with van der Waals surface area (Å²) >= 11 is 1.42. The summed E-state index contributed by atoms with van der Waals surface area (Å²) in [6, 6.07) is 10.4. The Morgan fingerprint density at radius 3 is 2.78 bits per heavy atom. The number of hydrogen-bond donors (Lipinski definition) is 1. The lowest BCUT2D eigenvalue weighted by Crippen LogP contribution is -2.32. The third-order valence-electron chi connectivity index (χ3n) is 6.67. The number of hydrogen-bond acceptors (Lipinski definition) is 7. The molecule has 0 amide bonds. The molecule has 1 aliphatic carbocycles. The van der Waals surface area contributed by atoms with Gasteiger partial charge in [0.25, 0.3) is 5.56 Å². The molecule has 182 valence electrons. The van der Waals surface area contributed by atoms with Crippen LogP contribution in [0.15, 0.2) is 47.5 Å². The summed E-state index contributed by atoms with van der Waals surface area (Å²) < 4.78 is 48.1. The van der Waals surface area contributed by atoms with E-state index in [4.69, 9.17) is 4.74 Å². The first-order valence-corrected chi connectivity index (χ1v) is 12.1. The summed E-state index contributed by atoms with van der Waals surface area (Å²) in [6.45, 7) is 1.24. The molecule has 6 rings (SSSR count). The van der Waals surface area contributed by atoms with Crippen molar-refractivity contribution >= 4 is 27.2 Å². The molecule has 1 aliphatic heterocycles. The molecule has 1 fully saturated rings. The highest BCUT2D eigenvalue weighted by Gasteiger charge is 2.64. The van der Waals surface area contributed by atoms with Crippen LogP contribution in [0.4, 0.5) is 18.9 Å². The second-order valence-electron chi connectivity index (χ2n) is 8.89. The van der Waals surface area contributed by atoms with Gasteiger partial charge in [0.05, 0.1) is 45.7 Å². The van der Waals surface area contributed by atoms with E-state index in [0.717, 1.165) is 43.3 Å². The van der Waals surface area contributed by atoms with Crippen LogP contribution in [0.1, 0.15) is 28.8 Å². The number of halogens is 3. The third-order valence-corrected chi connectivity index (χ3v) is 7.81. The summed E-state index contributed by atoms with van der Waals surface area (Å²) in [5, 5.41) is 16.9. The lowest BCUT2D eigenvalue weighted by atomic mass is 9.98. The van der Waals surface area contributed by atoms with Crippen molar-refractivity contribution in [1.29, 1.82) is 5.26 Å². The van der Waals surface area contributed by atoms with Gasteiger partial charge < -0.3 is 10.1 Å². The molecule has 4 aromatic rings. The van der Waals surface area contributed by atoms with E-state index in [1.54, 1.807) is 18.3 Å². The monoisotopic (exact) mass is 509 g/mol. The number of thiophene rings is 1. The number of benzene rings is 1.